The van der Waals surface area contributed by atoms with Gasteiger partial charge in [-0.3, -0.25) is 9.59 Å². The highest BCUT2D eigenvalue weighted by Gasteiger charge is 2.18. The van der Waals surface area contributed by atoms with Gasteiger partial charge in [-0.05, 0) is 56.2 Å². The van der Waals surface area contributed by atoms with Crippen LogP contribution in [0.4, 0.5) is 5.69 Å². The fraction of sp³-hybridized carbons (Fsp3) is 0.300. The summed E-state index contributed by atoms with van der Waals surface area (Å²) in [6, 6.07) is 8.13. The van der Waals surface area contributed by atoms with Crippen LogP contribution in [0.1, 0.15) is 51.7 Å². The number of rotatable bonds is 7. The number of benzene rings is 1. The molecule has 0 saturated carbocycles. The van der Waals surface area contributed by atoms with Gasteiger partial charge in [0.05, 0.1) is 5.56 Å². The summed E-state index contributed by atoms with van der Waals surface area (Å²) in [6.07, 6.45) is 1.19. The Morgan fingerprint density at radius 3 is 2.41 bits per heavy atom. The topological polar surface area (TPSA) is 85.4 Å². The van der Waals surface area contributed by atoms with E-state index in [1.807, 2.05) is 6.92 Å². The first kappa shape index (κ1) is 20.6. The molecule has 1 N–H and O–H groups in total. The van der Waals surface area contributed by atoms with Crippen LogP contribution in [0, 0.1) is 13.8 Å². The van der Waals surface area contributed by atoms with Gasteiger partial charge in [0.2, 0.25) is 5.91 Å². The van der Waals surface area contributed by atoms with Crippen molar-refractivity contribution in [3.63, 3.8) is 0 Å². The van der Waals surface area contributed by atoms with Crippen LogP contribution in [-0.2, 0) is 9.53 Å². The smallest absolute Gasteiger partial charge is 0.342 e. The molecule has 6 nitrogen and oxygen atoms in total. The SMILES string of the molecule is CCCC(=O)Nc1ccc(C(=O)COC(=O)c2c(C)cc(C)nc2Cl)cc1. The predicted molar refractivity (Wildman–Crippen MR) is 103 cm³/mol. The number of aryl methyl sites for hydroxylation is 2. The van der Waals surface area contributed by atoms with Crippen molar-refractivity contribution < 1.29 is 19.1 Å². The maximum absolute atomic E-state index is 12.2. The van der Waals surface area contributed by atoms with E-state index >= 15 is 0 Å². The third kappa shape index (κ3) is 5.62. The van der Waals surface area contributed by atoms with Crippen molar-refractivity contribution in [3.8, 4) is 0 Å². The Kier molecular flexibility index (Phi) is 7.07. The van der Waals surface area contributed by atoms with Crippen LogP contribution in [0.3, 0.4) is 0 Å². The Balaban J connectivity index is 1.97. The molecular weight excluding hydrogens is 368 g/mol. The highest BCUT2D eigenvalue weighted by molar-refractivity contribution is 6.32. The van der Waals surface area contributed by atoms with Crippen molar-refractivity contribution in [2.24, 2.45) is 0 Å². The second kappa shape index (κ2) is 9.28. The molecule has 7 heteroatoms. The van der Waals surface area contributed by atoms with Gasteiger partial charge in [-0.15, -0.1) is 0 Å². The Hall–Kier alpha value is -2.73. The highest BCUT2D eigenvalue weighted by Crippen LogP contribution is 2.20. The first-order chi connectivity index (χ1) is 12.8. The van der Waals surface area contributed by atoms with Gasteiger partial charge in [0.1, 0.15) is 5.15 Å². The summed E-state index contributed by atoms with van der Waals surface area (Å²) >= 11 is 6.01. The maximum atomic E-state index is 12.2. The van der Waals surface area contributed by atoms with Gasteiger partial charge >= 0.3 is 5.97 Å². The number of hydrogen-bond donors (Lipinski definition) is 1. The molecule has 2 aromatic rings. The molecule has 0 aliphatic rings. The van der Waals surface area contributed by atoms with Crippen LogP contribution < -0.4 is 5.32 Å². The normalized spacial score (nSPS) is 10.4. The Morgan fingerprint density at radius 2 is 1.81 bits per heavy atom. The number of aromatic nitrogens is 1. The van der Waals surface area contributed by atoms with E-state index in [4.69, 9.17) is 16.3 Å². The van der Waals surface area contributed by atoms with E-state index in [0.717, 1.165) is 6.42 Å². The summed E-state index contributed by atoms with van der Waals surface area (Å²) in [5.41, 5.74) is 2.47. The minimum absolute atomic E-state index is 0.0529. The number of ether oxygens (including phenoxy) is 1. The summed E-state index contributed by atoms with van der Waals surface area (Å²) < 4.78 is 5.09. The van der Waals surface area contributed by atoms with Crippen LogP contribution in [-0.4, -0.2) is 29.3 Å². The molecule has 0 atom stereocenters. The summed E-state index contributed by atoms with van der Waals surface area (Å²) in [6.45, 7) is 5.00. The minimum atomic E-state index is -0.693. The fourth-order valence-corrected chi connectivity index (χ4v) is 2.87. The van der Waals surface area contributed by atoms with Crippen molar-refractivity contribution in [3.05, 3.63) is 57.9 Å². The molecule has 2 rings (SSSR count). The third-order valence-electron chi connectivity index (χ3n) is 3.81. The van der Waals surface area contributed by atoms with Gasteiger partial charge in [0, 0.05) is 23.4 Å². The number of amides is 1. The zero-order chi connectivity index (χ0) is 20.0. The third-order valence-corrected chi connectivity index (χ3v) is 4.08. The van der Waals surface area contributed by atoms with E-state index in [1.165, 1.54) is 0 Å². The molecule has 0 aliphatic heterocycles. The molecule has 0 unspecified atom stereocenters. The van der Waals surface area contributed by atoms with Crippen LogP contribution in [0.5, 0.6) is 0 Å². The Labute approximate surface area is 162 Å². The van der Waals surface area contributed by atoms with E-state index in [9.17, 15) is 14.4 Å². The lowest BCUT2D eigenvalue weighted by molar-refractivity contribution is -0.116. The fourth-order valence-electron chi connectivity index (χ4n) is 2.51. The van der Waals surface area contributed by atoms with Gasteiger partial charge in [0.15, 0.2) is 12.4 Å². The molecular formula is C20H21ClN2O4. The van der Waals surface area contributed by atoms with E-state index in [-0.39, 0.29) is 22.4 Å². The number of esters is 1. The molecule has 0 fully saturated rings. The molecule has 27 heavy (non-hydrogen) atoms. The van der Waals surface area contributed by atoms with E-state index in [0.29, 0.717) is 28.9 Å². The lowest BCUT2D eigenvalue weighted by atomic mass is 10.1. The second-order valence-electron chi connectivity index (χ2n) is 6.12. The number of pyridine rings is 1. The molecule has 0 aliphatic carbocycles. The van der Waals surface area contributed by atoms with Crippen molar-refractivity contribution in [1.82, 2.24) is 4.98 Å². The molecule has 0 spiro atoms. The molecule has 0 bridgehead atoms. The Bertz CT molecular complexity index is 840. The molecule has 0 radical (unpaired) electrons. The second-order valence-corrected chi connectivity index (χ2v) is 6.48. The zero-order valence-electron chi connectivity index (χ0n) is 15.5. The van der Waals surface area contributed by atoms with Gasteiger partial charge in [-0.2, -0.15) is 0 Å². The van der Waals surface area contributed by atoms with Gasteiger partial charge in [-0.1, -0.05) is 18.5 Å². The van der Waals surface area contributed by atoms with E-state index in [1.54, 1.807) is 44.2 Å². The first-order valence-corrected chi connectivity index (χ1v) is 8.93. The molecule has 1 aromatic heterocycles. The quantitative estimate of drug-likeness (QED) is 0.438. The highest BCUT2D eigenvalue weighted by atomic mass is 35.5. The summed E-state index contributed by atoms with van der Waals surface area (Å²) in [7, 11) is 0. The van der Waals surface area contributed by atoms with Crippen LogP contribution in [0.2, 0.25) is 5.15 Å². The number of halogens is 1. The number of nitrogens with one attached hydrogen (secondary N) is 1. The summed E-state index contributed by atoms with van der Waals surface area (Å²) in [4.78, 5) is 40.1. The lowest BCUT2D eigenvalue weighted by Gasteiger charge is -2.09. The van der Waals surface area contributed by atoms with Crippen molar-refractivity contribution in [2.75, 3.05) is 11.9 Å². The Morgan fingerprint density at radius 1 is 1.15 bits per heavy atom. The number of carbonyl (C=O) groups excluding carboxylic acids is 3. The number of nitrogens with zero attached hydrogens (tertiary/aromatic N) is 1. The largest absolute Gasteiger partial charge is 0.454 e. The van der Waals surface area contributed by atoms with Gasteiger partial charge in [-0.25, -0.2) is 9.78 Å². The number of hydrogen-bond acceptors (Lipinski definition) is 5. The molecule has 1 aromatic carbocycles. The molecule has 0 saturated heterocycles. The van der Waals surface area contributed by atoms with Crippen molar-refractivity contribution >= 4 is 34.9 Å². The average molecular weight is 389 g/mol. The van der Waals surface area contributed by atoms with Gasteiger partial charge in [0.25, 0.3) is 0 Å². The van der Waals surface area contributed by atoms with Crippen molar-refractivity contribution in [1.29, 1.82) is 0 Å². The average Bonchev–Trinajstić information content (AvgIpc) is 2.59. The van der Waals surface area contributed by atoms with Crippen LogP contribution in [0.25, 0.3) is 0 Å². The predicted octanol–water partition coefficient (Wildman–Crippen LogP) is 4.13. The number of ketones is 1. The summed E-state index contributed by atoms with van der Waals surface area (Å²) in [5, 5.41) is 2.79. The monoisotopic (exact) mass is 388 g/mol. The number of carbonyl (C=O) groups is 3. The molecule has 142 valence electrons. The zero-order valence-corrected chi connectivity index (χ0v) is 16.2. The standard InChI is InChI=1S/C20H21ClN2O4/c1-4-5-17(25)23-15-8-6-14(7-9-15)16(24)11-27-20(26)18-12(2)10-13(3)22-19(18)21/h6-10H,4-5,11H2,1-3H3,(H,23,25). The van der Waals surface area contributed by atoms with Crippen LogP contribution >= 0.6 is 11.6 Å². The number of Topliss-reactive ketones (excluding diaryl/α,β-unsaturated/α-hetero) is 1. The molecule has 1 amide bonds. The molecule has 1 heterocycles. The minimum Gasteiger partial charge on any atom is -0.454 e. The van der Waals surface area contributed by atoms with Gasteiger partial charge < -0.3 is 10.1 Å². The maximum Gasteiger partial charge on any atom is 0.342 e. The van der Waals surface area contributed by atoms with E-state index < -0.39 is 12.6 Å². The van der Waals surface area contributed by atoms with E-state index in [2.05, 4.69) is 10.3 Å². The number of anilines is 1. The lowest BCUT2D eigenvalue weighted by Crippen LogP contribution is -2.16. The van der Waals surface area contributed by atoms with Crippen molar-refractivity contribution in [2.45, 2.75) is 33.6 Å². The van der Waals surface area contributed by atoms with Crippen LogP contribution in [0.15, 0.2) is 30.3 Å². The first-order valence-electron chi connectivity index (χ1n) is 8.55. The summed E-state index contributed by atoms with van der Waals surface area (Å²) in [5.74, 6) is -1.13.